The third kappa shape index (κ3) is 3.88. The van der Waals surface area contributed by atoms with Crippen LogP contribution in [-0.2, 0) is 11.3 Å². The molecule has 0 aliphatic carbocycles. The van der Waals surface area contributed by atoms with Crippen LogP contribution >= 0.6 is 0 Å². The van der Waals surface area contributed by atoms with E-state index < -0.39 is 19.0 Å². The van der Waals surface area contributed by atoms with E-state index >= 15 is 0 Å². The van der Waals surface area contributed by atoms with Crippen molar-refractivity contribution in [3.8, 4) is 0 Å². The van der Waals surface area contributed by atoms with Crippen molar-refractivity contribution in [3.63, 3.8) is 0 Å². The summed E-state index contributed by atoms with van der Waals surface area (Å²) in [6.07, 6.45) is 0.707. The first-order valence-corrected chi connectivity index (χ1v) is 8.27. The molecule has 26 heavy (non-hydrogen) atoms. The van der Waals surface area contributed by atoms with E-state index in [0.29, 0.717) is 11.0 Å². The quantitative estimate of drug-likeness (QED) is 0.584. The average molecular weight is 377 g/mol. The van der Waals surface area contributed by atoms with Crippen LogP contribution in [0.2, 0.25) is 0 Å². The average Bonchev–Trinajstić information content (AvgIpc) is 3.06. The highest BCUT2D eigenvalue weighted by Crippen LogP contribution is 2.23. The fourth-order valence-corrected chi connectivity index (χ4v) is 2.88. The van der Waals surface area contributed by atoms with E-state index in [1.54, 1.807) is 4.68 Å². The Morgan fingerprint density at radius 1 is 1.35 bits per heavy atom. The van der Waals surface area contributed by atoms with Crippen LogP contribution in [-0.4, -0.2) is 58.0 Å². The Morgan fingerprint density at radius 3 is 2.77 bits per heavy atom. The predicted molar refractivity (Wildman–Crippen MR) is 84.7 cm³/mol. The van der Waals surface area contributed by atoms with Crippen LogP contribution < -0.4 is 10.9 Å². The van der Waals surface area contributed by atoms with Crippen molar-refractivity contribution in [1.82, 2.24) is 24.6 Å². The van der Waals surface area contributed by atoms with E-state index in [1.807, 2.05) is 0 Å². The molecule has 0 unspecified atom stereocenters. The van der Waals surface area contributed by atoms with Crippen LogP contribution in [0, 0.1) is 0 Å². The molecule has 3 rings (SSSR count). The van der Waals surface area contributed by atoms with Crippen LogP contribution in [0.1, 0.15) is 18.9 Å². The van der Waals surface area contributed by atoms with Crippen molar-refractivity contribution < 1.29 is 22.3 Å². The number of halogens is 4. The topological polar surface area (TPSA) is 74.0 Å². The molecule has 0 bridgehead atoms. The molecular formula is C15H19F4N5O2. The number of nitrogens with one attached hydrogen (secondary N) is 1. The second-order valence-corrected chi connectivity index (χ2v) is 6.17. The number of ether oxygens (including phenoxy) is 1. The molecule has 0 atom stereocenters. The minimum absolute atomic E-state index is 0.0698. The zero-order chi connectivity index (χ0) is 18.7. The van der Waals surface area contributed by atoms with Crippen LogP contribution in [0.5, 0.6) is 0 Å². The zero-order valence-electron chi connectivity index (χ0n) is 13.9. The van der Waals surface area contributed by atoms with Gasteiger partial charge in [-0.2, -0.15) is 13.9 Å². The van der Waals surface area contributed by atoms with Crippen molar-refractivity contribution in [2.75, 3.05) is 26.3 Å². The van der Waals surface area contributed by atoms with Crippen molar-refractivity contribution in [3.05, 3.63) is 22.9 Å². The zero-order valence-corrected chi connectivity index (χ0v) is 13.9. The van der Waals surface area contributed by atoms with Gasteiger partial charge >= 0.3 is 12.3 Å². The molecule has 0 saturated carbocycles. The van der Waals surface area contributed by atoms with Gasteiger partial charge in [-0.15, -0.1) is 0 Å². The molecule has 1 fully saturated rings. The molecule has 2 aromatic rings. The van der Waals surface area contributed by atoms with E-state index in [4.69, 9.17) is 0 Å². The van der Waals surface area contributed by atoms with Gasteiger partial charge in [-0.1, -0.05) is 0 Å². The molecule has 3 heterocycles. The van der Waals surface area contributed by atoms with Crippen molar-refractivity contribution >= 4 is 11.0 Å². The van der Waals surface area contributed by atoms with Crippen LogP contribution in [0.15, 0.2) is 17.3 Å². The molecule has 1 aliphatic heterocycles. The van der Waals surface area contributed by atoms with Gasteiger partial charge in [0, 0.05) is 0 Å². The lowest BCUT2D eigenvalue weighted by Gasteiger charge is -2.23. The first-order valence-electron chi connectivity index (χ1n) is 8.27. The predicted octanol–water partition coefficient (Wildman–Crippen LogP) is 1.43. The summed E-state index contributed by atoms with van der Waals surface area (Å²) in [7, 11) is 0. The van der Waals surface area contributed by atoms with E-state index in [2.05, 4.69) is 20.1 Å². The van der Waals surface area contributed by atoms with Gasteiger partial charge in [0.25, 0.3) is 5.56 Å². The van der Waals surface area contributed by atoms with Gasteiger partial charge < -0.3 is 10.1 Å². The number of aromatic nitrogens is 4. The Labute approximate surface area is 146 Å². The Bertz CT molecular complexity index is 801. The lowest BCUT2D eigenvalue weighted by atomic mass is 10.1. The second-order valence-electron chi connectivity index (χ2n) is 6.17. The third-order valence-electron chi connectivity index (χ3n) is 4.32. The van der Waals surface area contributed by atoms with Crippen molar-refractivity contribution in [1.29, 1.82) is 0 Å². The highest BCUT2D eigenvalue weighted by atomic mass is 19.3. The summed E-state index contributed by atoms with van der Waals surface area (Å²) >= 11 is 0. The molecule has 0 spiro atoms. The summed E-state index contributed by atoms with van der Waals surface area (Å²) in [4.78, 5) is 16.7. The molecule has 1 saturated heterocycles. The second kappa shape index (κ2) is 7.70. The van der Waals surface area contributed by atoms with Gasteiger partial charge in [-0.25, -0.2) is 18.4 Å². The molecule has 0 aromatic carbocycles. The van der Waals surface area contributed by atoms with Gasteiger partial charge in [0.1, 0.15) is 18.3 Å². The smallest absolute Gasteiger partial charge is 0.330 e. The Balaban J connectivity index is 1.67. The van der Waals surface area contributed by atoms with Gasteiger partial charge in [-0.3, -0.25) is 9.36 Å². The summed E-state index contributed by atoms with van der Waals surface area (Å²) in [6, 6.07) is 0.163. The monoisotopic (exact) mass is 377 g/mol. The minimum Gasteiger partial charge on any atom is -0.373 e. The number of rotatable bonds is 7. The SMILES string of the molecule is O=c1c2cnn(C3CCNCC3)c2ncn1CCOCC(F)(F)C(F)F. The van der Waals surface area contributed by atoms with Gasteiger partial charge in [0.05, 0.1) is 25.4 Å². The summed E-state index contributed by atoms with van der Waals surface area (Å²) < 4.78 is 57.1. The van der Waals surface area contributed by atoms with Crippen LogP contribution in [0.4, 0.5) is 17.6 Å². The molecule has 7 nitrogen and oxygen atoms in total. The van der Waals surface area contributed by atoms with Crippen LogP contribution in [0.3, 0.4) is 0 Å². The summed E-state index contributed by atoms with van der Waals surface area (Å²) in [5.74, 6) is -4.21. The Hall–Kier alpha value is -2.01. The maximum Gasteiger partial charge on any atom is 0.330 e. The van der Waals surface area contributed by atoms with Gasteiger partial charge in [-0.05, 0) is 25.9 Å². The molecule has 0 amide bonds. The van der Waals surface area contributed by atoms with Crippen LogP contribution in [0.25, 0.3) is 11.0 Å². The largest absolute Gasteiger partial charge is 0.373 e. The third-order valence-corrected chi connectivity index (χ3v) is 4.32. The van der Waals surface area contributed by atoms with E-state index in [1.165, 1.54) is 17.1 Å². The first kappa shape index (κ1) is 18.8. The highest BCUT2D eigenvalue weighted by Gasteiger charge is 2.40. The number of hydrogen-bond acceptors (Lipinski definition) is 5. The maximum atomic E-state index is 12.8. The first-order chi connectivity index (χ1) is 12.4. The maximum absolute atomic E-state index is 12.8. The molecule has 2 aromatic heterocycles. The standard InChI is InChI=1S/C15H19F4N5O2/c16-14(17)15(18,19)8-26-6-5-23-9-21-12-11(13(23)25)7-22-24(12)10-1-3-20-4-2-10/h7,9-10,14,20H,1-6,8H2. The molecule has 144 valence electrons. The van der Waals surface area contributed by atoms with Gasteiger partial charge in [0.15, 0.2) is 5.65 Å². The molecule has 11 heteroatoms. The Kier molecular flexibility index (Phi) is 5.56. The molecule has 1 aliphatic rings. The summed E-state index contributed by atoms with van der Waals surface area (Å²) in [5.41, 5.74) is 0.0997. The van der Waals surface area contributed by atoms with Gasteiger partial charge in [0.2, 0.25) is 0 Å². The number of alkyl halides is 4. The Morgan fingerprint density at radius 2 is 2.08 bits per heavy atom. The van der Waals surface area contributed by atoms with Crippen molar-refractivity contribution in [2.45, 2.75) is 37.8 Å². The normalized spacial score (nSPS) is 16.7. The highest BCUT2D eigenvalue weighted by molar-refractivity contribution is 5.73. The van der Waals surface area contributed by atoms with E-state index in [9.17, 15) is 22.4 Å². The molecule has 1 N–H and O–H groups in total. The number of piperidine rings is 1. The fourth-order valence-electron chi connectivity index (χ4n) is 2.88. The lowest BCUT2D eigenvalue weighted by molar-refractivity contribution is -0.166. The summed E-state index contributed by atoms with van der Waals surface area (Å²) in [6.45, 7) is -0.0481. The lowest BCUT2D eigenvalue weighted by Crippen LogP contribution is -2.33. The van der Waals surface area contributed by atoms with E-state index in [0.717, 1.165) is 25.9 Å². The van der Waals surface area contributed by atoms with Crippen molar-refractivity contribution in [2.24, 2.45) is 0 Å². The minimum atomic E-state index is -4.21. The fraction of sp³-hybridized carbons (Fsp3) is 0.667. The summed E-state index contributed by atoms with van der Waals surface area (Å²) in [5, 5.41) is 7.84. The molecular weight excluding hydrogens is 358 g/mol. The molecule has 0 radical (unpaired) electrons. The number of hydrogen-bond donors (Lipinski definition) is 1. The van der Waals surface area contributed by atoms with E-state index in [-0.39, 0.29) is 24.8 Å². The number of fused-ring (bicyclic) bond motifs is 1. The number of nitrogens with zero attached hydrogens (tertiary/aromatic N) is 4.